The number of carbonyl (C=O) groups is 1. The lowest BCUT2D eigenvalue weighted by atomic mass is 10.2. The molecule has 0 aliphatic heterocycles. The summed E-state index contributed by atoms with van der Waals surface area (Å²) in [5.41, 5.74) is 1.63. The Morgan fingerprint density at radius 2 is 1.93 bits per heavy atom. The largest absolute Gasteiger partial charge is 0.492 e. The summed E-state index contributed by atoms with van der Waals surface area (Å²) < 4.78 is 7.82. The number of para-hydroxylation sites is 2. The SMILES string of the molecule is CCOc1ccccc1NC(=O)C(CC)Sc1ncnc2c1sc1ccccc12. The van der Waals surface area contributed by atoms with Gasteiger partial charge in [0, 0.05) is 10.1 Å². The molecule has 29 heavy (non-hydrogen) atoms. The Morgan fingerprint density at radius 3 is 2.76 bits per heavy atom. The van der Waals surface area contributed by atoms with Crippen molar-refractivity contribution in [1.82, 2.24) is 9.97 Å². The Labute approximate surface area is 177 Å². The van der Waals surface area contributed by atoms with Crippen molar-refractivity contribution in [2.75, 3.05) is 11.9 Å². The lowest BCUT2D eigenvalue weighted by molar-refractivity contribution is -0.115. The van der Waals surface area contributed by atoms with E-state index in [1.807, 2.05) is 50.2 Å². The van der Waals surface area contributed by atoms with Gasteiger partial charge < -0.3 is 10.1 Å². The highest BCUT2D eigenvalue weighted by atomic mass is 32.2. The number of fused-ring (bicyclic) bond motifs is 3. The molecule has 1 unspecified atom stereocenters. The molecule has 4 aromatic rings. The highest BCUT2D eigenvalue weighted by molar-refractivity contribution is 8.00. The topological polar surface area (TPSA) is 64.1 Å². The van der Waals surface area contributed by atoms with Gasteiger partial charge in [-0.2, -0.15) is 0 Å². The molecule has 4 rings (SSSR count). The first-order chi connectivity index (χ1) is 14.2. The molecule has 2 heterocycles. The molecule has 2 aromatic carbocycles. The van der Waals surface area contributed by atoms with Gasteiger partial charge in [0.2, 0.25) is 5.91 Å². The number of anilines is 1. The normalized spacial score (nSPS) is 12.2. The van der Waals surface area contributed by atoms with Crippen molar-refractivity contribution in [3.05, 3.63) is 54.9 Å². The molecule has 5 nitrogen and oxygen atoms in total. The molecule has 0 saturated carbocycles. The maximum atomic E-state index is 13.0. The van der Waals surface area contributed by atoms with Gasteiger partial charge in [0.15, 0.2) is 0 Å². The number of nitrogens with zero attached hydrogens (tertiary/aromatic N) is 2. The lowest BCUT2D eigenvalue weighted by Gasteiger charge is -2.16. The van der Waals surface area contributed by atoms with Crippen LogP contribution >= 0.6 is 23.1 Å². The second-order valence-electron chi connectivity index (χ2n) is 6.39. The third-order valence-corrected chi connectivity index (χ3v) is 7.15. The summed E-state index contributed by atoms with van der Waals surface area (Å²) in [5.74, 6) is 0.620. The molecule has 0 fully saturated rings. The number of carbonyl (C=O) groups excluding carboxylic acids is 1. The Balaban J connectivity index is 1.60. The quantitative estimate of drug-likeness (QED) is 0.303. The number of amides is 1. The Bertz CT molecular complexity index is 1160. The monoisotopic (exact) mass is 423 g/mol. The van der Waals surface area contributed by atoms with Gasteiger partial charge in [-0.1, -0.05) is 49.0 Å². The molecule has 0 bridgehead atoms. The summed E-state index contributed by atoms with van der Waals surface area (Å²) in [6, 6.07) is 15.7. The van der Waals surface area contributed by atoms with Crippen molar-refractivity contribution >= 4 is 55.0 Å². The molecule has 1 amide bonds. The van der Waals surface area contributed by atoms with Gasteiger partial charge >= 0.3 is 0 Å². The number of hydrogen-bond donors (Lipinski definition) is 1. The van der Waals surface area contributed by atoms with Crippen LogP contribution in [0.25, 0.3) is 20.3 Å². The molecular formula is C22H21N3O2S2. The van der Waals surface area contributed by atoms with Gasteiger partial charge in [0.25, 0.3) is 0 Å². The van der Waals surface area contributed by atoms with Gasteiger partial charge in [0.05, 0.1) is 27.8 Å². The van der Waals surface area contributed by atoms with Crippen LogP contribution in [0.1, 0.15) is 20.3 Å². The fraction of sp³-hybridized carbons (Fsp3) is 0.227. The number of hydrogen-bond acceptors (Lipinski definition) is 6. The van der Waals surface area contributed by atoms with E-state index in [0.29, 0.717) is 24.5 Å². The van der Waals surface area contributed by atoms with Crippen LogP contribution in [0, 0.1) is 0 Å². The van der Waals surface area contributed by atoms with Crippen LogP contribution in [0.4, 0.5) is 5.69 Å². The molecule has 0 aliphatic carbocycles. The fourth-order valence-corrected chi connectivity index (χ4v) is 5.33. The number of thioether (sulfide) groups is 1. The first-order valence-electron chi connectivity index (χ1n) is 9.52. The van der Waals surface area contributed by atoms with Crippen molar-refractivity contribution in [3.8, 4) is 5.75 Å². The molecule has 1 N–H and O–H groups in total. The molecule has 0 saturated heterocycles. The summed E-state index contributed by atoms with van der Waals surface area (Å²) in [7, 11) is 0. The average molecular weight is 424 g/mol. The lowest BCUT2D eigenvalue weighted by Crippen LogP contribution is -2.25. The molecule has 0 spiro atoms. The van der Waals surface area contributed by atoms with Crippen molar-refractivity contribution in [1.29, 1.82) is 0 Å². The van der Waals surface area contributed by atoms with Gasteiger partial charge in [-0.05, 0) is 31.5 Å². The van der Waals surface area contributed by atoms with Crippen molar-refractivity contribution < 1.29 is 9.53 Å². The van der Waals surface area contributed by atoms with E-state index in [1.54, 1.807) is 17.7 Å². The molecular weight excluding hydrogens is 402 g/mol. The van der Waals surface area contributed by atoms with Crippen LogP contribution in [0.2, 0.25) is 0 Å². The number of aromatic nitrogens is 2. The van der Waals surface area contributed by atoms with Crippen LogP contribution in [-0.4, -0.2) is 27.7 Å². The number of nitrogens with one attached hydrogen (secondary N) is 1. The highest BCUT2D eigenvalue weighted by Gasteiger charge is 2.22. The maximum Gasteiger partial charge on any atom is 0.238 e. The minimum Gasteiger partial charge on any atom is -0.492 e. The van der Waals surface area contributed by atoms with E-state index in [0.717, 1.165) is 20.6 Å². The van der Waals surface area contributed by atoms with Gasteiger partial charge in [-0.15, -0.1) is 11.3 Å². The van der Waals surface area contributed by atoms with Crippen LogP contribution in [0.15, 0.2) is 59.9 Å². The van der Waals surface area contributed by atoms with E-state index in [-0.39, 0.29) is 11.2 Å². The molecule has 7 heteroatoms. The molecule has 1 atom stereocenters. The van der Waals surface area contributed by atoms with E-state index < -0.39 is 0 Å². The minimum atomic E-state index is -0.270. The fourth-order valence-electron chi connectivity index (χ4n) is 3.11. The average Bonchev–Trinajstić information content (AvgIpc) is 3.13. The first-order valence-corrected chi connectivity index (χ1v) is 11.2. The molecule has 2 aromatic heterocycles. The standard InChI is InChI=1S/C22H21N3O2S2/c1-3-17(21(26)25-15-10-6-7-11-16(15)27-4-2)29-22-20-19(23-13-24-22)14-9-5-8-12-18(14)28-20/h5-13,17H,3-4H2,1-2H3,(H,25,26). The van der Waals surface area contributed by atoms with E-state index in [1.165, 1.54) is 16.5 Å². The van der Waals surface area contributed by atoms with E-state index in [4.69, 9.17) is 4.74 Å². The third kappa shape index (κ3) is 4.06. The van der Waals surface area contributed by atoms with Crippen LogP contribution in [0.5, 0.6) is 5.75 Å². The van der Waals surface area contributed by atoms with E-state index in [2.05, 4.69) is 27.4 Å². The second-order valence-corrected chi connectivity index (χ2v) is 8.63. The van der Waals surface area contributed by atoms with Gasteiger partial charge in [0.1, 0.15) is 17.1 Å². The maximum absolute atomic E-state index is 13.0. The van der Waals surface area contributed by atoms with Gasteiger partial charge in [-0.3, -0.25) is 4.79 Å². The zero-order valence-electron chi connectivity index (χ0n) is 16.2. The predicted octanol–water partition coefficient (Wildman–Crippen LogP) is 5.75. The Kier molecular flexibility index (Phi) is 5.97. The van der Waals surface area contributed by atoms with Gasteiger partial charge in [-0.25, -0.2) is 9.97 Å². The summed E-state index contributed by atoms with van der Waals surface area (Å²) in [6.45, 7) is 4.48. The van der Waals surface area contributed by atoms with Crippen LogP contribution in [0.3, 0.4) is 0 Å². The van der Waals surface area contributed by atoms with E-state index >= 15 is 0 Å². The molecule has 148 valence electrons. The predicted molar refractivity (Wildman–Crippen MR) is 121 cm³/mol. The number of thiophene rings is 1. The zero-order chi connectivity index (χ0) is 20.2. The summed E-state index contributed by atoms with van der Waals surface area (Å²) >= 11 is 3.15. The van der Waals surface area contributed by atoms with Crippen molar-refractivity contribution in [2.45, 2.75) is 30.5 Å². The third-order valence-electron chi connectivity index (χ3n) is 4.49. The minimum absolute atomic E-state index is 0.0578. The highest BCUT2D eigenvalue weighted by Crippen LogP contribution is 2.39. The Morgan fingerprint density at radius 1 is 1.14 bits per heavy atom. The van der Waals surface area contributed by atoms with E-state index in [9.17, 15) is 4.79 Å². The van der Waals surface area contributed by atoms with Crippen LogP contribution < -0.4 is 10.1 Å². The zero-order valence-corrected chi connectivity index (χ0v) is 17.8. The van der Waals surface area contributed by atoms with Crippen molar-refractivity contribution in [2.24, 2.45) is 0 Å². The summed E-state index contributed by atoms with van der Waals surface area (Å²) in [4.78, 5) is 21.9. The van der Waals surface area contributed by atoms with Crippen LogP contribution in [-0.2, 0) is 4.79 Å². The number of rotatable bonds is 7. The smallest absolute Gasteiger partial charge is 0.238 e. The van der Waals surface area contributed by atoms with Crippen molar-refractivity contribution in [3.63, 3.8) is 0 Å². The first kappa shape index (κ1) is 19.7. The molecule has 0 aliphatic rings. The molecule has 0 radical (unpaired) electrons. The summed E-state index contributed by atoms with van der Waals surface area (Å²) in [5, 5.41) is 4.71. The number of ether oxygens (including phenoxy) is 1. The second kappa shape index (κ2) is 8.80. The number of benzene rings is 2. The summed E-state index contributed by atoms with van der Waals surface area (Å²) in [6.07, 6.45) is 2.27. The Hall–Kier alpha value is -2.64.